The van der Waals surface area contributed by atoms with Crippen LogP contribution in [0.25, 0.3) is 0 Å². The van der Waals surface area contributed by atoms with E-state index in [1.165, 1.54) is 24.4 Å². The van der Waals surface area contributed by atoms with Gasteiger partial charge in [0.25, 0.3) is 0 Å². The Morgan fingerprint density at radius 2 is 1.88 bits per heavy atom. The van der Waals surface area contributed by atoms with Crippen molar-refractivity contribution in [1.82, 2.24) is 20.3 Å². The molecule has 1 aromatic carbocycles. The smallest absolute Gasteiger partial charge is 0.360 e. The van der Waals surface area contributed by atoms with Crippen LogP contribution < -0.4 is 10.6 Å². The number of nitrogens with zero attached hydrogens (tertiary/aromatic N) is 4. The second kappa shape index (κ2) is 6.14. The molecule has 0 atom stereocenters. The fraction of sp³-hybridized carbons (Fsp3) is 0.143. The summed E-state index contributed by atoms with van der Waals surface area (Å²) in [5.74, 6) is 1.11. The molecule has 0 fully saturated rings. The zero-order valence-electron chi connectivity index (χ0n) is 12.3. The molecule has 24 heavy (non-hydrogen) atoms. The van der Waals surface area contributed by atoms with E-state index in [0.29, 0.717) is 11.6 Å². The van der Waals surface area contributed by atoms with E-state index in [4.69, 9.17) is 4.52 Å². The number of alkyl halides is 3. The molecular formula is C14H11F3N6O. The third-order valence-corrected chi connectivity index (χ3v) is 2.92. The SMILES string of the molecule is Cc1cc(Nc2nncc(Nc3ccccc3C(F)(F)F)n2)no1. The number of hydrogen-bond acceptors (Lipinski definition) is 7. The van der Waals surface area contributed by atoms with Gasteiger partial charge in [0.1, 0.15) is 5.76 Å². The van der Waals surface area contributed by atoms with Gasteiger partial charge in [-0.05, 0) is 19.1 Å². The molecule has 0 saturated heterocycles. The van der Waals surface area contributed by atoms with E-state index in [-0.39, 0.29) is 17.5 Å². The molecule has 7 nitrogen and oxygen atoms in total. The van der Waals surface area contributed by atoms with Gasteiger partial charge < -0.3 is 15.2 Å². The van der Waals surface area contributed by atoms with Crippen LogP contribution in [0.15, 0.2) is 41.1 Å². The highest BCUT2D eigenvalue weighted by atomic mass is 19.4. The lowest BCUT2D eigenvalue weighted by Crippen LogP contribution is -2.09. The van der Waals surface area contributed by atoms with Gasteiger partial charge in [0.15, 0.2) is 11.6 Å². The van der Waals surface area contributed by atoms with Crippen molar-refractivity contribution in [1.29, 1.82) is 0 Å². The van der Waals surface area contributed by atoms with Crippen molar-refractivity contribution in [3.05, 3.63) is 47.9 Å². The molecule has 0 aliphatic carbocycles. The van der Waals surface area contributed by atoms with E-state index >= 15 is 0 Å². The first-order valence-corrected chi connectivity index (χ1v) is 6.75. The summed E-state index contributed by atoms with van der Waals surface area (Å²) in [5, 5.41) is 16.5. The van der Waals surface area contributed by atoms with Gasteiger partial charge in [-0.3, -0.25) is 0 Å². The monoisotopic (exact) mass is 336 g/mol. The van der Waals surface area contributed by atoms with Gasteiger partial charge in [0, 0.05) is 6.07 Å². The molecule has 124 valence electrons. The van der Waals surface area contributed by atoms with Crippen molar-refractivity contribution in [2.45, 2.75) is 13.1 Å². The van der Waals surface area contributed by atoms with Crippen LogP contribution in [0.3, 0.4) is 0 Å². The lowest BCUT2D eigenvalue weighted by molar-refractivity contribution is -0.136. The van der Waals surface area contributed by atoms with E-state index in [0.717, 1.165) is 6.07 Å². The molecule has 2 N–H and O–H groups in total. The van der Waals surface area contributed by atoms with Gasteiger partial charge in [-0.25, -0.2) is 0 Å². The number of hydrogen-bond donors (Lipinski definition) is 2. The number of halogens is 3. The highest BCUT2D eigenvalue weighted by molar-refractivity contribution is 5.62. The van der Waals surface area contributed by atoms with Crippen LogP contribution in [-0.2, 0) is 6.18 Å². The van der Waals surface area contributed by atoms with Gasteiger partial charge >= 0.3 is 6.18 Å². The Kier molecular flexibility index (Phi) is 4.02. The maximum absolute atomic E-state index is 13.0. The molecule has 0 spiro atoms. The normalized spacial score (nSPS) is 11.3. The van der Waals surface area contributed by atoms with Gasteiger partial charge in [-0.15, -0.1) is 5.10 Å². The van der Waals surface area contributed by atoms with Gasteiger partial charge in [0.05, 0.1) is 17.4 Å². The predicted octanol–water partition coefficient (Wildman–Crippen LogP) is 3.67. The molecule has 2 aromatic heterocycles. The minimum Gasteiger partial charge on any atom is -0.360 e. The lowest BCUT2D eigenvalue weighted by Gasteiger charge is -2.13. The van der Waals surface area contributed by atoms with Crippen LogP contribution in [0.2, 0.25) is 0 Å². The summed E-state index contributed by atoms with van der Waals surface area (Å²) < 4.78 is 43.9. The molecular weight excluding hydrogens is 325 g/mol. The van der Waals surface area contributed by atoms with Crippen LogP contribution in [-0.4, -0.2) is 20.3 Å². The van der Waals surface area contributed by atoms with E-state index < -0.39 is 11.7 Å². The molecule has 0 amide bonds. The third kappa shape index (κ3) is 3.59. The molecule has 0 aliphatic rings. The summed E-state index contributed by atoms with van der Waals surface area (Å²) in [4.78, 5) is 4.05. The summed E-state index contributed by atoms with van der Waals surface area (Å²) in [6, 6.07) is 6.70. The number of benzene rings is 1. The molecule has 10 heteroatoms. The summed E-state index contributed by atoms with van der Waals surface area (Å²) in [7, 11) is 0. The van der Waals surface area contributed by atoms with Crippen LogP contribution in [0.5, 0.6) is 0 Å². The van der Waals surface area contributed by atoms with Crippen LogP contribution in [0.1, 0.15) is 11.3 Å². The summed E-state index contributed by atoms with van der Waals surface area (Å²) in [6.07, 6.45) is -3.27. The second-order valence-electron chi connectivity index (χ2n) is 4.78. The minimum absolute atomic E-state index is 0.0674. The van der Waals surface area contributed by atoms with Gasteiger partial charge in [-0.2, -0.15) is 23.3 Å². The number of anilines is 4. The molecule has 0 radical (unpaired) electrons. The average molecular weight is 336 g/mol. The molecule has 3 rings (SSSR count). The molecule has 0 saturated carbocycles. The van der Waals surface area contributed by atoms with E-state index in [1.54, 1.807) is 13.0 Å². The zero-order chi connectivity index (χ0) is 17.2. The van der Waals surface area contributed by atoms with E-state index in [9.17, 15) is 13.2 Å². The number of rotatable bonds is 4. The van der Waals surface area contributed by atoms with Gasteiger partial charge in [-0.1, -0.05) is 17.3 Å². The minimum atomic E-state index is -4.48. The predicted molar refractivity (Wildman–Crippen MR) is 79.1 cm³/mol. The lowest BCUT2D eigenvalue weighted by atomic mass is 10.1. The Morgan fingerprint density at radius 1 is 1.08 bits per heavy atom. The average Bonchev–Trinajstić information content (AvgIpc) is 2.92. The number of aromatic nitrogens is 4. The van der Waals surface area contributed by atoms with Gasteiger partial charge in [0.2, 0.25) is 5.95 Å². The first-order valence-electron chi connectivity index (χ1n) is 6.75. The first-order chi connectivity index (χ1) is 11.4. The maximum Gasteiger partial charge on any atom is 0.418 e. The van der Waals surface area contributed by atoms with E-state index in [1.807, 2.05) is 0 Å². The Morgan fingerprint density at radius 3 is 2.58 bits per heavy atom. The van der Waals surface area contributed by atoms with Crippen LogP contribution in [0, 0.1) is 6.92 Å². The fourth-order valence-corrected chi connectivity index (χ4v) is 1.93. The van der Waals surface area contributed by atoms with Crippen molar-refractivity contribution in [2.24, 2.45) is 0 Å². The van der Waals surface area contributed by atoms with Crippen molar-refractivity contribution in [3.8, 4) is 0 Å². The molecule has 0 unspecified atom stereocenters. The Bertz CT molecular complexity index is 848. The molecule has 0 aliphatic heterocycles. The summed E-state index contributed by atoms with van der Waals surface area (Å²) >= 11 is 0. The van der Waals surface area contributed by atoms with Crippen molar-refractivity contribution in [2.75, 3.05) is 10.6 Å². The Balaban J connectivity index is 1.83. The zero-order valence-corrected chi connectivity index (χ0v) is 12.3. The third-order valence-electron chi connectivity index (χ3n) is 2.92. The van der Waals surface area contributed by atoms with E-state index in [2.05, 4.69) is 31.0 Å². The van der Waals surface area contributed by atoms with Crippen molar-refractivity contribution in [3.63, 3.8) is 0 Å². The van der Waals surface area contributed by atoms with Crippen molar-refractivity contribution < 1.29 is 17.7 Å². The number of aryl methyl sites for hydroxylation is 1. The first kappa shape index (κ1) is 15.7. The second-order valence-corrected chi connectivity index (χ2v) is 4.78. The maximum atomic E-state index is 13.0. The largest absolute Gasteiger partial charge is 0.418 e. The standard InChI is InChI=1S/C14H11F3N6O/c1-8-6-11(23-24-8)20-13-21-12(7-18-22-13)19-10-5-3-2-4-9(10)14(15,16)17/h2-7H,1H3,(H2,19,20,21,22,23). The van der Waals surface area contributed by atoms with Crippen LogP contribution >= 0.6 is 0 Å². The molecule has 2 heterocycles. The highest BCUT2D eigenvalue weighted by Crippen LogP contribution is 2.35. The quantitative estimate of drug-likeness (QED) is 0.751. The van der Waals surface area contributed by atoms with Crippen LogP contribution in [0.4, 0.5) is 36.4 Å². The molecule has 3 aromatic rings. The Labute approximate surface area is 133 Å². The fourth-order valence-electron chi connectivity index (χ4n) is 1.93. The Hall–Kier alpha value is -3.17. The summed E-state index contributed by atoms with van der Waals surface area (Å²) in [5.41, 5.74) is -0.932. The highest BCUT2D eigenvalue weighted by Gasteiger charge is 2.33. The topological polar surface area (TPSA) is 88.8 Å². The number of para-hydroxylation sites is 1. The molecule has 0 bridgehead atoms. The summed E-state index contributed by atoms with van der Waals surface area (Å²) in [6.45, 7) is 1.71. The number of nitrogens with one attached hydrogen (secondary N) is 2. The van der Waals surface area contributed by atoms with Crippen molar-refractivity contribution >= 4 is 23.3 Å².